The average Bonchev–Trinajstić information content (AvgIpc) is 3.15. The van der Waals surface area contributed by atoms with Gasteiger partial charge in [-0.2, -0.15) is 5.10 Å². The van der Waals surface area contributed by atoms with Crippen molar-refractivity contribution in [3.05, 3.63) is 84.2 Å². The Kier molecular flexibility index (Phi) is 4.49. The molecule has 3 aromatic rings. The molecule has 5 nitrogen and oxygen atoms in total. The summed E-state index contributed by atoms with van der Waals surface area (Å²) >= 11 is 0. The van der Waals surface area contributed by atoms with Crippen molar-refractivity contribution in [2.75, 3.05) is 0 Å². The van der Waals surface area contributed by atoms with Crippen LogP contribution in [0.5, 0.6) is 0 Å². The van der Waals surface area contributed by atoms with Gasteiger partial charge in [-0.25, -0.2) is 4.68 Å². The topological polar surface area (TPSA) is 67.2 Å². The molecule has 2 N–H and O–H groups in total. The van der Waals surface area contributed by atoms with E-state index in [1.54, 1.807) is 35.1 Å². The van der Waals surface area contributed by atoms with E-state index in [0.29, 0.717) is 12.1 Å². The van der Waals surface area contributed by atoms with Crippen LogP contribution < -0.4 is 5.32 Å². The van der Waals surface area contributed by atoms with Crippen LogP contribution in [0, 0.1) is 0 Å². The maximum atomic E-state index is 12.0. The van der Waals surface area contributed by atoms with Crippen LogP contribution in [-0.2, 0) is 11.3 Å². The molecule has 0 radical (unpaired) electrons. The van der Waals surface area contributed by atoms with Crippen LogP contribution in [-0.4, -0.2) is 20.8 Å². The highest BCUT2D eigenvalue weighted by atomic mass is 16.3. The summed E-state index contributed by atoms with van der Waals surface area (Å²) in [7, 11) is 0. The van der Waals surface area contributed by atoms with Gasteiger partial charge in [0, 0.05) is 18.9 Å². The van der Waals surface area contributed by atoms with E-state index in [-0.39, 0.29) is 0 Å². The SMILES string of the molecule is O=C(NCc1ccc(-n2cccn2)cc1)C(O)c1ccccc1. The van der Waals surface area contributed by atoms with Crippen molar-refractivity contribution in [2.45, 2.75) is 12.6 Å². The Morgan fingerprint density at radius 3 is 2.48 bits per heavy atom. The first-order chi connectivity index (χ1) is 11.2. The predicted molar refractivity (Wildman–Crippen MR) is 86.8 cm³/mol. The number of aromatic nitrogens is 2. The van der Waals surface area contributed by atoms with Gasteiger partial charge in [0.05, 0.1) is 5.69 Å². The van der Waals surface area contributed by atoms with Crippen LogP contribution in [0.25, 0.3) is 5.69 Å². The molecule has 0 aliphatic rings. The summed E-state index contributed by atoms with van der Waals surface area (Å²) in [5.74, 6) is -0.410. The van der Waals surface area contributed by atoms with Crippen LogP contribution in [0.1, 0.15) is 17.2 Å². The maximum Gasteiger partial charge on any atom is 0.253 e. The number of benzene rings is 2. The molecule has 1 aromatic heterocycles. The fraction of sp³-hybridized carbons (Fsp3) is 0.111. The number of aliphatic hydroxyl groups excluding tert-OH is 1. The Morgan fingerprint density at radius 1 is 1.09 bits per heavy atom. The second-order valence-corrected chi connectivity index (χ2v) is 5.15. The quantitative estimate of drug-likeness (QED) is 0.759. The second kappa shape index (κ2) is 6.89. The molecular formula is C18H17N3O2. The highest BCUT2D eigenvalue weighted by molar-refractivity contribution is 5.81. The zero-order valence-electron chi connectivity index (χ0n) is 12.5. The molecule has 0 saturated heterocycles. The highest BCUT2D eigenvalue weighted by Gasteiger charge is 2.16. The van der Waals surface area contributed by atoms with Crippen molar-refractivity contribution in [1.82, 2.24) is 15.1 Å². The van der Waals surface area contributed by atoms with Gasteiger partial charge in [0.1, 0.15) is 0 Å². The van der Waals surface area contributed by atoms with Crippen molar-refractivity contribution in [2.24, 2.45) is 0 Å². The van der Waals surface area contributed by atoms with Gasteiger partial charge in [0.15, 0.2) is 6.10 Å². The smallest absolute Gasteiger partial charge is 0.253 e. The molecule has 1 amide bonds. The number of amides is 1. The van der Waals surface area contributed by atoms with Crippen molar-refractivity contribution < 1.29 is 9.90 Å². The van der Waals surface area contributed by atoms with Crippen LogP contribution in [0.4, 0.5) is 0 Å². The minimum Gasteiger partial charge on any atom is -0.378 e. The van der Waals surface area contributed by atoms with Crippen molar-refractivity contribution >= 4 is 5.91 Å². The first-order valence-electron chi connectivity index (χ1n) is 7.34. The third-order valence-electron chi connectivity index (χ3n) is 3.54. The monoisotopic (exact) mass is 307 g/mol. The lowest BCUT2D eigenvalue weighted by atomic mass is 10.1. The van der Waals surface area contributed by atoms with Crippen molar-refractivity contribution in [1.29, 1.82) is 0 Å². The Morgan fingerprint density at radius 2 is 1.83 bits per heavy atom. The molecule has 2 aromatic carbocycles. The molecule has 5 heteroatoms. The first kappa shape index (κ1) is 15.0. The molecule has 0 aliphatic carbocycles. The molecule has 1 heterocycles. The molecule has 116 valence electrons. The predicted octanol–water partition coefficient (Wildman–Crippen LogP) is 2.22. The van der Waals surface area contributed by atoms with E-state index in [2.05, 4.69) is 10.4 Å². The summed E-state index contributed by atoms with van der Waals surface area (Å²) in [4.78, 5) is 12.0. The number of nitrogens with zero attached hydrogens (tertiary/aromatic N) is 2. The van der Waals surface area contributed by atoms with Crippen LogP contribution >= 0.6 is 0 Å². The average molecular weight is 307 g/mol. The number of hydrogen-bond donors (Lipinski definition) is 2. The van der Waals surface area contributed by atoms with Gasteiger partial charge in [-0.05, 0) is 29.3 Å². The summed E-state index contributed by atoms with van der Waals surface area (Å²) in [6, 6.07) is 18.4. The van der Waals surface area contributed by atoms with Gasteiger partial charge in [-0.3, -0.25) is 4.79 Å². The minimum absolute atomic E-state index is 0.363. The Balaban J connectivity index is 1.59. The Hall–Kier alpha value is -2.92. The molecule has 1 unspecified atom stereocenters. The molecule has 3 rings (SSSR count). The first-order valence-corrected chi connectivity index (χ1v) is 7.34. The lowest BCUT2D eigenvalue weighted by Gasteiger charge is -2.12. The normalized spacial score (nSPS) is 11.9. The van der Waals surface area contributed by atoms with Crippen molar-refractivity contribution in [3.63, 3.8) is 0 Å². The molecule has 0 saturated carbocycles. The molecule has 0 bridgehead atoms. The van der Waals surface area contributed by atoms with E-state index in [1.165, 1.54) is 0 Å². The summed E-state index contributed by atoms with van der Waals surface area (Å²) in [5, 5.41) is 16.9. The van der Waals surface area contributed by atoms with E-state index in [4.69, 9.17) is 0 Å². The fourth-order valence-corrected chi connectivity index (χ4v) is 2.26. The van der Waals surface area contributed by atoms with Gasteiger partial charge in [-0.15, -0.1) is 0 Å². The third-order valence-corrected chi connectivity index (χ3v) is 3.54. The van der Waals surface area contributed by atoms with Gasteiger partial charge in [0.2, 0.25) is 0 Å². The summed E-state index contributed by atoms with van der Waals surface area (Å²) in [6.45, 7) is 0.363. The molecule has 1 atom stereocenters. The third kappa shape index (κ3) is 3.64. The molecule has 0 fully saturated rings. The van der Waals surface area contributed by atoms with E-state index in [1.807, 2.05) is 42.6 Å². The van der Waals surface area contributed by atoms with Gasteiger partial charge in [0.25, 0.3) is 5.91 Å². The number of hydrogen-bond acceptors (Lipinski definition) is 3. The van der Waals surface area contributed by atoms with E-state index in [0.717, 1.165) is 11.3 Å². The summed E-state index contributed by atoms with van der Waals surface area (Å²) in [6.07, 6.45) is 2.44. The number of rotatable bonds is 5. The number of carbonyl (C=O) groups excluding carboxylic acids is 1. The van der Waals surface area contributed by atoms with E-state index in [9.17, 15) is 9.90 Å². The van der Waals surface area contributed by atoms with Gasteiger partial charge < -0.3 is 10.4 Å². The minimum atomic E-state index is -1.15. The maximum absolute atomic E-state index is 12.0. The standard InChI is InChI=1S/C18H17N3O2/c22-17(15-5-2-1-3-6-15)18(23)19-13-14-7-9-16(10-8-14)21-12-4-11-20-21/h1-12,17,22H,13H2,(H,19,23). The zero-order chi connectivity index (χ0) is 16.1. The molecule has 23 heavy (non-hydrogen) atoms. The second-order valence-electron chi connectivity index (χ2n) is 5.15. The number of aliphatic hydroxyl groups is 1. The lowest BCUT2D eigenvalue weighted by Crippen LogP contribution is -2.28. The molecular weight excluding hydrogens is 290 g/mol. The zero-order valence-corrected chi connectivity index (χ0v) is 12.5. The fourth-order valence-electron chi connectivity index (χ4n) is 2.26. The van der Waals surface area contributed by atoms with Crippen molar-refractivity contribution in [3.8, 4) is 5.69 Å². The van der Waals surface area contributed by atoms with E-state index >= 15 is 0 Å². The van der Waals surface area contributed by atoms with Gasteiger partial charge >= 0.3 is 0 Å². The lowest BCUT2D eigenvalue weighted by molar-refractivity contribution is -0.129. The summed E-state index contributed by atoms with van der Waals surface area (Å²) < 4.78 is 1.77. The highest BCUT2D eigenvalue weighted by Crippen LogP contribution is 2.13. The van der Waals surface area contributed by atoms with E-state index < -0.39 is 12.0 Å². The van der Waals surface area contributed by atoms with Crippen LogP contribution in [0.15, 0.2) is 73.1 Å². The van der Waals surface area contributed by atoms with Crippen LogP contribution in [0.3, 0.4) is 0 Å². The number of carbonyl (C=O) groups is 1. The Bertz CT molecular complexity index is 753. The van der Waals surface area contributed by atoms with Crippen LogP contribution in [0.2, 0.25) is 0 Å². The Labute approximate surface area is 134 Å². The largest absolute Gasteiger partial charge is 0.378 e. The number of nitrogens with one attached hydrogen (secondary N) is 1. The van der Waals surface area contributed by atoms with Gasteiger partial charge in [-0.1, -0.05) is 42.5 Å². The molecule has 0 spiro atoms. The summed E-state index contributed by atoms with van der Waals surface area (Å²) in [5.41, 5.74) is 2.49. The molecule has 0 aliphatic heterocycles.